The van der Waals surface area contributed by atoms with Crippen LogP contribution in [0.1, 0.15) is 16.8 Å². The molecule has 3 rings (SSSR count). The number of carbonyl (C=O) groups is 2. The lowest BCUT2D eigenvalue weighted by Gasteiger charge is -2.20. The Balaban J connectivity index is 1.82. The van der Waals surface area contributed by atoms with Gasteiger partial charge in [-0.1, -0.05) is 18.2 Å². The van der Waals surface area contributed by atoms with Gasteiger partial charge in [0.1, 0.15) is 5.75 Å². The van der Waals surface area contributed by atoms with Gasteiger partial charge in [-0.15, -0.1) is 0 Å². The molecule has 2 aromatic rings. The lowest BCUT2D eigenvalue weighted by Crippen LogP contribution is -2.36. The number of sulfonamides is 1. The normalized spacial score (nSPS) is 16.4. The van der Waals surface area contributed by atoms with Crippen LogP contribution in [0.25, 0.3) is 0 Å². The second-order valence-corrected chi connectivity index (χ2v) is 8.17. The van der Waals surface area contributed by atoms with E-state index < -0.39 is 28.0 Å². The Morgan fingerprint density at radius 1 is 1.18 bits per heavy atom. The molecule has 0 spiro atoms. The number of amides is 1. The molecule has 2 aromatic carbocycles. The maximum absolute atomic E-state index is 12.7. The fraction of sp³-hybridized carbons (Fsp3) is 0.263. The summed E-state index contributed by atoms with van der Waals surface area (Å²) in [6.45, 7) is 0.107. The van der Waals surface area contributed by atoms with Gasteiger partial charge in [0.15, 0.2) is 6.10 Å². The third-order valence-electron chi connectivity index (χ3n) is 4.24. The molecule has 1 aliphatic heterocycles. The van der Waals surface area contributed by atoms with Gasteiger partial charge in [-0.2, -0.15) is 0 Å². The van der Waals surface area contributed by atoms with Crippen LogP contribution in [-0.2, 0) is 19.6 Å². The fourth-order valence-corrected chi connectivity index (χ4v) is 3.87. The summed E-state index contributed by atoms with van der Waals surface area (Å²) in [5, 5.41) is 2.70. The molecule has 0 unspecified atom stereocenters. The number of hydrogen-bond acceptors (Lipinski definition) is 6. The van der Waals surface area contributed by atoms with E-state index in [-0.39, 0.29) is 13.0 Å². The third kappa shape index (κ3) is 4.25. The average molecular weight is 404 g/mol. The molecular formula is C19H20N2O6S. The van der Waals surface area contributed by atoms with Crippen molar-refractivity contribution in [2.24, 2.45) is 0 Å². The minimum Gasteiger partial charge on any atom is -0.478 e. The predicted octanol–water partition coefficient (Wildman–Crippen LogP) is 2.03. The molecule has 148 valence electrons. The Hall–Kier alpha value is -3.07. The molecule has 0 saturated heterocycles. The number of esters is 1. The number of nitrogens with zero attached hydrogens (tertiary/aromatic N) is 1. The molecule has 28 heavy (non-hydrogen) atoms. The van der Waals surface area contributed by atoms with Crippen molar-refractivity contribution in [3.05, 3.63) is 54.1 Å². The van der Waals surface area contributed by atoms with Crippen molar-refractivity contribution < 1.29 is 27.5 Å². The average Bonchev–Trinajstić information content (AvgIpc) is 2.87. The zero-order chi connectivity index (χ0) is 20.3. The Labute approximate surface area is 163 Å². The van der Waals surface area contributed by atoms with Gasteiger partial charge >= 0.3 is 5.97 Å². The SMILES string of the molecule is COC(=O)c1cccc(NC(=O)[C@H]2CCN(S(C)(=O)=O)c3ccccc3O2)c1. The lowest BCUT2D eigenvalue weighted by molar-refractivity contribution is -0.122. The Morgan fingerprint density at radius 3 is 2.64 bits per heavy atom. The van der Waals surface area contributed by atoms with Crippen molar-refractivity contribution in [2.45, 2.75) is 12.5 Å². The highest BCUT2D eigenvalue weighted by atomic mass is 32.2. The lowest BCUT2D eigenvalue weighted by atomic mass is 10.2. The van der Waals surface area contributed by atoms with Crippen molar-refractivity contribution >= 4 is 33.3 Å². The molecular weight excluding hydrogens is 384 g/mol. The Morgan fingerprint density at radius 2 is 1.93 bits per heavy atom. The molecule has 0 saturated carbocycles. The van der Waals surface area contributed by atoms with E-state index in [0.29, 0.717) is 22.7 Å². The summed E-state index contributed by atoms with van der Waals surface area (Å²) < 4.78 is 36.0. The zero-order valence-corrected chi connectivity index (χ0v) is 16.2. The molecule has 0 bridgehead atoms. The third-order valence-corrected chi connectivity index (χ3v) is 5.42. The molecule has 1 heterocycles. The predicted molar refractivity (Wildman–Crippen MR) is 104 cm³/mol. The molecule has 0 fully saturated rings. The Bertz CT molecular complexity index is 1000. The van der Waals surface area contributed by atoms with E-state index >= 15 is 0 Å². The van der Waals surface area contributed by atoms with Gasteiger partial charge in [-0.05, 0) is 30.3 Å². The van der Waals surface area contributed by atoms with Crippen LogP contribution in [0.2, 0.25) is 0 Å². The summed E-state index contributed by atoms with van der Waals surface area (Å²) in [7, 11) is -2.24. The smallest absolute Gasteiger partial charge is 0.337 e. The van der Waals surface area contributed by atoms with E-state index in [1.165, 1.54) is 17.5 Å². The second kappa shape index (κ2) is 7.89. The van der Waals surface area contributed by atoms with Gasteiger partial charge in [0, 0.05) is 18.7 Å². The highest BCUT2D eigenvalue weighted by molar-refractivity contribution is 7.92. The van der Waals surface area contributed by atoms with Gasteiger partial charge in [0.05, 0.1) is 24.6 Å². The first kappa shape index (κ1) is 19.7. The largest absolute Gasteiger partial charge is 0.478 e. The van der Waals surface area contributed by atoms with E-state index in [9.17, 15) is 18.0 Å². The van der Waals surface area contributed by atoms with Crippen LogP contribution in [0.4, 0.5) is 11.4 Å². The standard InChI is InChI=1S/C19H20N2O6S/c1-26-19(23)13-6-5-7-14(12-13)20-18(22)17-10-11-21(28(2,24)25)15-8-3-4-9-16(15)27-17/h3-9,12,17H,10-11H2,1-2H3,(H,20,22)/t17-/m1/s1. The molecule has 0 aliphatic carbocycles. The minimum atomic E-state index is -3.52. The van der Waals surface area contributed by atoms with E-state index in [4.69, 9.17) is 4.74 Å². The first-order chi connectivity index (χ1) is 13.3. The van der Waals surface area contributed by atoms with Crippen LogP contribution in [-0.4, -0.2) is 46.3 Å². The minimum absolute atomic E-state index is 0.107. The number of benzene rings is 2. The van der Waals surface area contributed by atoms with E-state index in [0.717, 1.165) is 6.26 Å². The number of hydrogen-bond donors (Lipinski definition) is 1. The summed E-state index contributed by atoms with van der Waals surface area (Å²) >= 11 is 0. The van der Waals surface area contributed by atoms with Gasteiger partial charge in [0.25, 0.3) is 5.91 Å². The zero-order valence-electron chi connectivity index (χ0n) is 15.4. The molecule has 0 aromatic heterocycles. The Kier molecular flexibility index (Phi) is 5.55. The summed E-state index contributed by atoms with van der Waals surface area (Å²) in [4.78, 5) is 24.4. The maximum atomic E-state index is 12.7. The van der Waals surface area contributed by atoms with E-state index in [1.807, 2.05) is 0 Å². The van der Waals surface area contributed by atoms with E-state index in [2.05, 4.69) is 10.1 Å². The second-order valence-electron chi connectivity index (χ2n) is 6.26. The molecule has 1 atom stereocenters. The summed E-state index contributed by atoms with van der Waals surface area (Å²) in [5.74, 6) is -0.638. The molecule has 0 radical (unpaired) electrons. The molecule has 1 amide bonds. The fourth-order valence-electron chi connectivity index (χ4n) is 2.92. The summed E-state index contributed by atoms with van der Waals surface area (Å²) in [6, 6.07) is 13.0. The van der Waals surface area contributed by atoms with Crippen molar-refractivity contribution in [1.82, 2.24) is 0 Å². The maximum Gasteiger partial charge on any atom is 0.337 e. The van der Waals surface area contributed by atoms with Gasteiger partial charge in [-0.3, -0.25) is 9.10 Å². The van der Waals surface area contributed by atoms with Crippen LogP contribution in [0.3, 0.4) is 0 Å². The number of methoxy groups -OCH3 is 1. The molecule has 1 aliphatic rings. The number of anilines is 2. The van der Waals surface area contributed by atoms with Gasteiger partial charge in [-0.25, -0.2) is 13.2 Å². The van der Waals surface area contributed by atoms with Crippen LogP contribution in [0.15, 0.2) is 48.5 Å². The summed E-state index contributed by atoms with van der Waals surface area (Å²) in [5.41, 5.74) is 1.11. The topological polar surface area (TPSA) is 102 Å². The van der Waals surface area contributed by atoms with Crippen molar-refractivity contribution in [2.75, 3.05) is 29.5 Å². The first-order valence-electron chi connectivity index (χ1n) is 8.52. The molecule has 8 nitrogen and oxygen atoms in total. The number of ether oxygens (including phenoxy) is 2. The quantitative estimate of drug-likeness (QED) is 0.783. The molecule has 1 N–H and O–H groups in total. The van der Waals surface area contributed by atoms with Crippen molar-refractivity contribution in [3.63, 3.8) is 0 Å². The van der Waals surface area contributed by atoms with Crippen LogP contribution >= 0.6 is 0 Å². The number of nitrogens with one attached hydrogen (secondary N) is 1. The highest BCUT2D eigenvalue weighted by Gasteiger charge is 2.31. The first-order valence-corrected chi connectivity index (χ1v) is 10.4. The van der Waals surface area contributed by atoms with Crippen molar-refractivity contribution in [3.8, 4) is 5.75 Å². The van der Waals surface area contributed by atoms with Crippen LogP contribution in [0.5, 0.6) is 5.75 Å². The molecule has 9 heteroatoms. The van der Waals surface area contributed by atoms with Gasteiger partial charge < -0.3 is 14.8 Å². The monoisotopic (exact) mass is 404 g/mol. The number of para-hydroxylation sites is 2. The number of carbonyl (C=O) groups excluding carboxylic acids is 2. The summed E-state index contributed by atoms with van der Waals surface area (Å²) in [6.07, 6.45) is 0.391. The van der Waals surface area contributed by atoms with Crippen molar-refractivity contribution in [1.29, 1.82) is 0 Å². The van der Waals surface area contributed by atoms with Crippen LogP contribution in [0, 0.1) is 0 Å². The van der Waals surface area contributed by atoms with Gasteiger partial charge in [0.2, 0.25) is 10.0 Å². The number of fused-ring (bicyclic) bond motifs is 1. The van der Waals surface area contributed by atoms with E-state index in [1.54, 1.807) is 42.5 Å². The highest BCUT2D eigenvalue weighted by Crippen LogP contribution is 2.34. The van der Waals surface area contributed by atoms with Crippen LogP contribution < -0.4 is 14.4 Å². The number of rotatable bonds is 4.